The van der Waals surface area contributed by atoms with Crippen molar-refractivity contribution in [3.8, 4) is 0 Å². The van der Waals surface area contributed by atoms with Crippen LogP contribution in [0.15, 0.2) is 211 Å². The van der Waals surface area contributed by atoms with Crippen molar-refractivity contribution in [2.45, 2.75) is 42.6 Å². The molecule has 45 heavy (non-hydrogen) atoms. The number of hydrogen-bond acceptors (Lipinski definition) is 6. The predicted octanol–water partition coefficient (Wildman–Crippen LogP) is 13.1. The Morgan fingerprint density at radius 1 is 0.267 bits per heavy atom. The monoisotopic (exact) mass is 692 g/mol. The molecule has 0 saturated heterocycles. The van der Waals surface area contributed by atoms with E-state index in [0.717, 1.165) is 0 Å². The van der Waals surface area contributed by atoms with Crippen molar-refractivity contribution >= 4 is 70.6 Å². The van der Waals surface area contributed by atoms with E-state index < -0.39 is 0 Å². The van der Waals surface area contributed by atoms with Crippen molar-refractivity contribution in [1.29, 1.82) is 0 Å². The van der Waals surface area contributed by atoms with E-state index >= 15 is 0 Å². The molecule has 0 spiro atoms. The Bertz CT molecular complexity index is 1470. The summed E-state index contributed by atoms with van der Waals surface area (Å²) >= 11 is 11.9. The van der Waals surface area contributed by atoms with Gasteiger partial charge in [-0.1, -0.05) is 109 Å². The second-order valence-electron chi connectivity index (χ2n) is 9.94. The second kappa shape index (κ2) is 16.8. The van der Waals surface area contributed by atoms with Gasteiger partial charge in [-0.2, -0.15) is 0 Å². The summed E-state index contributed by atoms with van der Waals surface area (Å²) in [6, 6.07) is 65.5. The summed E-state index contributed by atoms with van der Waals surface area (Å²) in [6.07, 6.45) is 0. The Kier molecular flexibility index (Phi) is 12.1. The summed E-state index contributed by atoms with van der Waals surface area (Å²) < 4.78 is -0.115. The molecule has 0 aliphatic heterocycles. The van der Waals surface area contributed by atoms with Crippen LogP contribution >= 0.6 is 70.6 Å². The van der Waals surface area contributed by atoms with Crippen molar-refractivity contribution < 1.29 is 0 Å². The molecule has 0 bridgehead atoms. The first-order valence-electron chi connectivity index (χ1n) is 14.6. The molecule has 0 fully saturated rings. The maximum atomic E-state index is 2.26. The van der Waals surface area contributed by atoms with E-state index in [0.29, 0.717) is 0 Å². The molecule has 6 aromatic carbocycles. The third kappa shape index (κ3) is 9.25. The van der Waals surface area contributed by atoms with E-state index in [4.69, 9.17) is 0 Å². The Morgan fingerprint density at radius 3 is 0.689 bits per heavy atom. The fraction of sp³-hybridized carbons (Fsp3) is 0.0769. The fourth-order valence-corrected chi connectivity index (χ4v) is 14.8. The van der Waals surface area contributed by atoms with Crippen LogP contribution in [0.4, 0.5) is 0 Å². The molecular weight excluding hydrogens is 661 g/mol. The Balaban J connectivity index is 1.57. The number of thioether (sulfide) groups is 6. The lowest BCUT2D eigenvalue weighted by Crippen LogP contribution is -2.40. The third-order valence-electron chi connectivity index (χ3n) is 6.64. The highest BCUT2D eigenvalue weighted by Crippen LogP contribution is 2.64. The standard InChI is InChI=1S/C39H32S6/c1-7-19-31(20-8-1)40-37(41-32-21-9-2-10-22-32)39(44-35-27-15-5-16-28-35,45-36-29-17-6-18-30-36)38(42-33-23-11-3-12-24-33)43-34-25-13-4-14-26-34/h1-30,37-38H. The molecule has 0 N–H and O–H groups in total. The maximum absolute atomic E-state index is 2.26. The van der Waals surface area contributed by atoms with Gasteiger partial charge in [-0.3, -0.25) is 0 Å². The van der Waals surface area contributed by atoms with Crippen LogP contribution in [0.5, 0.6) is 0 Å². The van der Waals surface area contributed by atoms with Gasteiger partial charge in [-0.25, -0.2) is 0 Å². The molecule has 0 atom stereocenters. The first-order chi connectivity index (χ1) is 22.3. The SMILES string of the molecule is c1ccc(SC(Sc2ccccc2)C(Sc2ccccc2)(Sc2ccccc2)C(Sc2ccccc2)Sc2ccccc2)cc1. The molecule has 0 aliphatic rings. The lowest BCUT2D eigenvalue weighted by Gasteiger charge is -2.44. The normalized spacial score (nSPS) is 11.6. The third-order valence-corrected chi connectivity index (χ3v) is 16.6. The van der Waals surface area contributed by atoms with Gasteiger partial charge in [0.05, 0.1) is 9.16 Å². The molecule has 6 heteroatoms. The first kappa shape index (κ1) is 32.4. The average Bonchev–Trinajstić information content (AvgIpc) is 3.10. The average molecular weight is 693 g/mol. The highest BCUT2D eigenvalue weighted by atomic mass is 32.2. The minimum Gasteiger partial charge on any atom is -0.109 e. The van der Waals surface area contributed by atoms with Crippen molar-refractivity contribution in [2.24, 2.45) is 0 Å². The quantitative estimate of drug-likeness (QED) is 0.0817. The Labute approximate surface area is 293 Å². The molecule has 0 aromatic heterocycles. The lowest BCUT2D eigenvalue weighted by molar-refractivity contribution is 0.965. The smallest absolute Gasteiger partial charge is 0.109 e. The van der Waals surface area contributed by atoms with Crippen molar-refractivity contribution in [2.75, 3.05) is 0 Å². The molecule has 224 valence electrons. The van der Waals surface area contributed by atoms with E-state index in [1.54, 1.807) is 0 Å². The van der Waals surface area contributed by atoms with Crippen LogP contribution in [0.3, 0.4) is 0 Å². The van der Waals surface area contributed by atoms with E-state index in [-0.39, 0.29) is 13.2 Å². The minimum absolute atomic E-state index is 0.120. The number of rotatable bonds is 14. The van der Waals surface area contributed by atoms with Crippen LogP contribution in [0, 0.1) is 0 Å². The van der Waals surface area contributed by atoms with E-state index in [1.807, 2.05) is 70.6 Å². The zero-order valence-corrected chi connectivity index (χ0v) is 29.3. The molecule has 0 saturated carbocycles. The van der Waals surface area contributed by atoms with Gasteiger partial charge in [0, 0.05) is 29.4 Å². The highest BCUT2D eigenvalue weighted by Gasteiger charge is 2.50. The lowest BCUT2D eigenvalue weighted by atomic mass is 10.4. The summed E-state index contributed by atoms with van der Waals surface area (Å²) in [5, 5.41) is 0. The zero-order chi connectivity index (χ0) is 30.6. The highest BCUT2D eigenvalue weighted by molar-refractivity contribution is 8.27. The van der Waals surface area contributed by atoms with Gasteiger partial charge in [0.1, 0.15) is 4.08 Å². The summed E-state index contributed by atoms with van der Waals surface area (Å²) in [7, 11) is 0. The van der Waals surface area contributed by atoms with E-state index in [1.165, 1.54) is 29.4 Å². The molecule has 0 nitrogen and oxygen atoms in total. The van der Waals surface area contributed by atoms with Crippen LogP contribution in [-0.4, -0.2) is 13.2 Å². The van der Waals surface area contributed by atoms with Crippen LogP contribution < -0.4 is 0 Å². The molecule has 0 aliphatic carbocycles. The van der Waals surface area contributed by atoms with Gasteiger partial charge in [0.25, 0.3) is 0 Å². The molecule has 6 rings (SSSR count). The number of hydrogen-bond donors (Lipinski definition) is 0. The minimum atomic E-state index is -0.356. The topological polar surface area (TPSA) is 0 Å². The summed E-state index contributed by atoms with van der Waals surface area (Å²) in [6.45, 7) is 0. The van der Waals surface area contributed by atoms with Crippen LogP contribution in [0.2, 0.25) is 0 Å². The van der Waals surface area contributed by atoms with Gasteiger partial charge in [0.15, 0.2) is 0 Å². The molecule has 0 unspecified atom stereocenters. The Hall–Kier alpha value is -2.58. The van der Waals surface area contributed by atoms with Crippen molar-refractivity contribution in [3.05, 3.63) is 182 Å². The summed E-state index contributed by atoms with van der Waals surface area (Å²) in [4.78, 5) is 7.61. The van der Waals surface area contributed by atoms with Crippen LogP contribution in [0.25, 0.3) is 0 Å². The van der Waals surface area contributed by atoms with Crippen molar-refractivity contribution in [3.63, 3.8) is 0 Å². The molecule has 0 heterocycles. The summed E-state index contributed by atoms with van der Waals surface area (Å²) in [5.74, 6) is 0. The van der Waals surface area contributed by atoms with Gasteiger partial charge < -0.3 is 0 Å². The van der Waals surface area contributed by atoms with Crippen LogP contribution in [0.1, 0.15) is 0 Å². The molecule has 6 aromatic rings. The maximum Gasteiger partial charge on any atom is 0.114 e. The van der Waals surface area contributed by atoms with Crippen LogP contribution in [-0.2, 0) is 0 Å². The first-order valence-corrected chi connectivity index (χ1v) is 19.8. The Morgan fingerprint density at radius 2 is 0.467 bits per heavy atom. The zero-order valence-electron chi connectivity index (χ0n) is 24.4. The van der Waals surface area contributed by atoms with Crippen molar-refractivity contribution in [1.82, 2.24) is 0 Å². The van der Waals surface area contributed by atoms with Gasteiger partial charge in [-0.15, -0.1) is 70.6 Å². The van der Waals surface area contributed by atoms with E-state index in [2.05, 4.69) is 182 Å². The second-order valence-corrected chi connectivity index (χ2v) is 18.2. The van der Waals surface area contributed by atoms with E-state index in [9.17, 15) is 0 Å². The summed E-state index contributed by atoms with van der Waals surface area (Å²) in [5.41, 5.74) is 0. The molecule has 0 radical (unpaired) electrons. The number of benzene rings is 6. The van der Waals surface area contributed by atoms with Gasteiger partial charge in [0.2, 0.25) is 0 Å². The van der Waals surface area contributed by atoms with Gasteiger partial charge in [-0.05, 0) is 72.8 Å². The molecular formula is C39H32S6. The van der Waals surface area contributed by atoms with Gasteiger partial charge >= 0.3 is 0 Å². The predicted molar refractivity (Wildman–Crippen MR) is 204 cm³/mol. The largest absolute Gasteiger partial charge is 0.114 e. The molecule has 0 amide bonds. The fourth-order valence-electron chi connectivity index (χ4n) is 4.54.